The number of piperidine rings is 1. The summed E-state index contributed by atoms with van der Waals surface area (Å²) >= 11 is 0. The van der Waals surface area contributed by atoms with Crippen molar-refractivity contribution in [2.75, 3.05) is 39.5 Å². The minimum absolute atomic E-state index is 0.0515. The number of rotatable bonds is 4. The molecule has 2 heterocycles. The number of likely N-dealkylation sites (tertiary alicyclic amines) is 1. The third kappa shape index (κ3) is 3.44. The molecule has 0 amide bonds. The molecule has 2 rings (SSSR count). The number of aliphatic hydroxyl groups excluding tert-OH is 2. The monoisotopic (exact) mass is 257 g/mol. The molecule has 0 aromatic carbocycles. The Hall–Kier alpha value is -0.160. The first-order valence-corrected chi connectivity index (χ1v) is 7.24. The highest BCUT2D eigenvalue weighted by Crippen LogP contribution is 2.32. The predicted molar refractivity (Wildman–Crippen MR) is 70.4 cm³/mol. The molecule has 0 bridgehead atoms. The Kier molecular flexibility index (Phi) is 5.01. The van der Waals surface area contributed by atoms with Crippen LogP contribution >= 0.6 is 0 Å². The second kappa shape index (κ2) is 6.33. The Bertz CT molecular complexity index is 243. The van der Waals surface area contributed by atoms with Gasteiger partial charge in [0.05, 0.1) is 12.7 Å². The van der Waals surface area contributed by atoms with Gasteiger partial charge in [-0.25, -0.2) is 0 Å². The zero-order valence-electron chi connectivity index (χ0n) is 11.5. The second-order valence-electron chi connectivity index (χ2n) is 6.12. The van der Waals surface area contributed by atoms with Crippen molar-refractivity contribution < 1.29 is 14.9 Å². The Morgan fingerprint density at radius 3 is 2.39 bits per heavy atom. The van der Waals surface area contributed by atoms with Crippen LogP contribution < -0.4 is 0 Å². The average Bonchev–Trinajstić information content (AvgIpc) is 2.40. The summed E-state index contributed by atoms with van der Waals surface area (Å²) in [5, 5.41) is 19.3. The predicted octanol–water partition coefficient (Wildman–Crippen LogP) is 0.868. The van der Waals surface area contributed by atoms with Gasteiger partial charge in [0.15, 0.2) is 0 Å². The molecule has 0 aliphatic carbocycles. The lowest BCUT2D eigenvalue weighted by molar-refractivity contribution is -0.0416. The summed E-state index contributed by atoms with van der Waals surface area (Å²) in [5.41, 5.74) is 0.0515. The van der Waals surface area contributed by atoms with E-state index >= 15 is 0 Å². The van der Waals surface area contributed by atoms with Crippen molar-refractivity contribution in [1.82, 2.24) is 4.90 Å². The molecule has 0 spiro atoms. The van der Waals surface area contributed by atoms with Crippen molar-refractivity contribution in [2.45, 2.75) is 38.7 Å². The SMILES string of the molecule is CC(O)C1CCN(CC2(CO)CCOCC2)CC1. The van der Waals surface area contributed by atoms with Crippen LogP contribution in [0.15, 0.2) is 0 Å². The first-order valence-electron chi connectivity index (χ1n) is 7.24. The summed E-state index contributed by atoms with van der Waals surface area (Å²) in [6.45, 7) is 6.83. The fourth-order valence-corrected chi connectivity index (χ4v) is 3.24. The molecule has 4 heteroatoms. The molecule has 2 saturated heterocycles. The smallest absolute Gasteiger partial charge is 0.0541 e. The van der Waals surface area contributed by atoms with Crippen molar-refractivity contribution in [3.63, 3.8) is 0 Å². The van der Waals surface area contributed by atoms with Crippen LogP contribution in [0.25, 0.3) is 0 Å². The van der Waals surface area contributed by atoms with Crippen molar-refractivity contribution in [1.29, 1.82) is 0 Å². The van der Waals surface area contributed by atoms with Gasteiger partial charge in [-0.1, -0.05) is 0 Å². The Morgan fingerprint density at radius 2 is 1.89 bits per heavy atom. The number of aliphatic hydroxyl groups is 2. The van der Waals surface area contributed by atoms with Crippen molar-refractivity contribution in [2.24, 2.45) is 11.3 Å². The van der Waals surface area contributed by atoms with E-state index in [0.717, 1.165) is 58.5 Å². The van der Waals surface area contributed by atoms with E-state index in [-0.39, 0.29) is 18.1 Å². The maximum atomic E-state index is 9.69. The molecule has 2 aliphatic heterocycles. The van der Waals surface area contributed by atoms with Crippen molar-refractivity contribution in [3.05, 3.63) is 0 Å². The third-order valence-corrected chi connectivity index (χ3v) is 4.76. The fourth-order valence-electron chi connectivity index (χ4n) is 3.24. The van der Waals surface area contributed by atoms with Gasteiger partial charge in [-0.2, -0.15) is 0 Å². The lowest BCUT2D eigenvalue weighted by atomic mass is 9.79. The molecule has 18 heavy (non-hydrogen) atoms. The zero-order valence-corrected chi connectivity index (χ0v) is 11.5. The number of hydrogen-bond donors (Lipinski definition) is 2. The van der Waals surface area contributed by atoms with E-state index in [4.69, 9.17) is 4.74 Å². The average molecular weight is 257 g/mol. The molecule has 0 radical (unpaired) electrons. The summed E-state index contributed by atoms with van der Waals surface area (Å²) in [6.07, 6.45) is 3.92. The van der Waals surface area contributed by atoms with Crippen LogP contribution in [0.5, 0.6) is 0 Å². The molecule has 4 nitrogen and oxygen atoms in total. The first-order chi connectivity index (χ1) is 8.65. The standard InChI is InChI=1S/C14H27NO3/c1-12(17)13-2-6-15(7-3-13)10-14(11-16)4-8-18-9-5-14/h12-13,16-17H,2-11H2,1H3. The number of hydrogen-bond acceptors (Lipinski definition) is 4. The van der Waals surface area contributed by atoms with E-state index in [1.165, 1.54) is 0 Å². The van der Waals surface area contributed by atoms with Gasteiger partial charge >= 0.3 is 0 Å². The summed E-state index contributed by atoms with van der Waals surface area (Å²) in [7, 11) is 0. The van der Waals surface area contributed by atoms with Crippen LogP contribution in [-0.2, 0) is 4.74 Å². The Balaban J connectivity index is 1.82. The third-order valence-electron chi connectivity index (χ3n) is 4.76. The second-order valence-corrected chi connectivity index (χ2v) is 6.12. The topological polar surface area (TPSA) is 52.9 Å². The molecular weight excluding hydrogens is 230 g/mol. The van der Waals surface area contributed by atoms with Crippen LogP contribution in [0.1, 0.15) is 32.6 Å². The quantitative estimate of drug-likeness (QED) is 0.784. The summed E-state index contributed by atoms with van der Waals surface area (Å²) < 4.78 is 5.40. The summed E-state index contributed by atoms with van der Waals surface area (Å²) in [4.78, 5) is 2.46. The molecular formula is C14H27NO3. The van der Waals surface area contributed by atoms with Gasteiger partial charge in [-0.15, -0.1) is 0 Å². The van der Waals surface area contributed by atoms with E-state index in [1.54, 1.807) is 0 Å². The largest absolute Gasteiger partial charge is 0.396 e. The Morgan fingerprint density at radius 1 is 1.28 bits per heavy atom. The van der Waals surface area contributed by atoms with E-state index < -0.39 is 0 Å². The van der Waals surface area contributed by atoms with Gasteiger partial charge in [0.2, 0.25) is 0 Å². The summed E-state index contributed by atoms with van der Waals surface area (Å²) in [6, 6.07) is 0. The van der Waals surface area contributed by atoms with Crippen LogP contribution in [0.4, 0.5) is 0 Å². The van der Waals surface area contributed by atoms with Gasteiger partial charge in [0, 0.05) is 25.2 Å². The highest BCUT2D eigenvalue weighted by atomic mass is 16.5. The lowest BCUT2D eigenvalue weighted by Crippen LogP contribution is -2.47. The van der Waals surface area contributed by atoms with Crippen LogP contribution in [0, 0.1) is 11.3 Å². The number of ether oxygens (including phenoxy) is 1. The normalized spacial score (nSPS) is 28.2. The Labute approximate surface area is 110 Å². The molecule has 1 atom stereocenters. The molecule has 2 N–H and O–H groups in total. The molecule has 1 unspecified atom stereocenters. The van der Waals surface area contributed by atoms with Crippen LogP contribution in [0.2, 0.25) is 0 Å². The van der Waals surface area contributed by atoms with Gasteiger partial charge in [0.25, 0.3) is 0 Å². The minimum Gasteiger partial charge on any atom is -0.396 e. The van der Waals surface area contributed by atoms with E-state index in [0.29, 0.717) is 5.92 Å². The first kappa shape index (κ1) is 14.3. The van der Waals surface area contributed by atoms with E-state index in [2.05, 4.69) is 4.90 Å². The van der Waals surface area contributed by atoms with E-state index in [9.17, 15) is 10.2 Å². The molecule has 106 valence electrons. The van der Waals surface area contributed by atoms with Gasteiger partial charge < -0.3 is 19.8 Å². The lowest BCUT2D eigenvalue weighted by Gasteiger charge is -2.42. The maximum absolute atomic E-state index is 9.69. The number of nitrogens with zero attached hydrogens (tertiary/aromatic N) is 1. The molecule has 2 aliphatic rings. The highest BCUT2D eigenvalue weighted by molar-refractivity contribution is 4.86. The van der Waals surface area contributed by atoms with Gasteiger partial charge in [0.1, 0.15) is 0 Å². The molecule has 0 saturated carbocycles. The van der Waals surface area contributed by atoms with Gasteiger partial charge in [-0.3, -0.25) is 0 Å². The van der Waals surface area contributed by atoms with Crippen molar-refractivity contribution >= 4 is 0 Å². The zero-order chi connectivity index (χ0) is 13.0. The highest BCUT2D eigenvalue weighted by Gasteiger charge is 2.35. The molecule has 0 aromatic rings. The van der Waals surface area contributed by atoms with Gasteiger partial charge in [-0.05, 0) is 51.6 Å². The molecule has 2 fully saturated rings. The molecule has 0 aromatic heterocycles. The van der Waals surface area contributed by atoms with E-state index in [1.807, 2.05) is 6.92 Å². The minimum atomic E-state index is -0.179. The van der Waals surface area contributed by atoms with Crippen molar-refractivity contribution in [3.8, 4) is 0 Å². The van der Waals surface area contributed by atoms with Crippen LogP contribution in [0.3, 0.4) is 0 Å². The maximum Gasteiger partial charge on any atom is 0.0541 e. The van der Waals surface area contributed by atoms with Crippen LogP contribution in [-0.4, -0.2) is 60.7 Å². The summed E-state index contributed by atoms with van der Waals surface area (Å²) in [5.74, 6) is 0.459. The fraction of sp³-hybridized carbons (Fsp3) is 1.00.